The van der Waals surface area contributed by atoms with Crippen LogP contribution in [0.3, 0.4) is 0 Å². The number of nitrogens with one attached hydrogen (secondary N) is 2. The van der Waals surface area contributed by atoms with Gasteiger partial charge >= 0.3 is 12.0 Å². The first-order valence-corrected chi connectivity index (χ1v) is 6.40. The molecule has 118 valence electrons. The topological polar surface area (TPSA) is 136 Å². The highest BCUT2D eigenvalue weighted by molar-refractivity contribution is 6.06. The van der Waals surface area contributed by atoms with Gasteiger partial charge in [0.1, 0.15) is 5.54 Å². The molecule has 1 fully saturated rings. The number of aliphatic hydroxyl groups is 1. The zero-order chi connectivity index (χ0) is 16.4. The lowest BCUT2D eigenvalue weighted by Crippen LogP contribution is -2.48. The largest absolute Gasteiger partial charge is 0.480 e. The first-order valence-electron chi connectivity index (χ1n) is 6.40. The average Bonchev–Trinajstić information content (AvgIpc) is 2.52. The van der Waals surface area contributed by atoms with E-state index < -0.39 is 41.5 Å². The van der Waals surface area contributed by atoms with Crippen molar-refractivity contribution in [1.29, 1.82) is 0 Å². The molecule has 1 heterocycles. The van der Waals surface area contributed by atoms with E-state index in [0.29, 0.717) is 0 Å². The highest BCUT2D eigenvalue weighted by atomic mass is 16.4. The van der Waals surface area contributed by atoms with Crippen molar-refractivity contribution < 1.29 is 29.4 Å². The number of carboxylic acid groups (broad SMARTS) is 1. The van der Waals surface area contributed by atoms with Gasteiger partial charge in [-0.1, -0.05) is 0 Å². The van der Waals surface area contributed by atoms with E-state index in [1.807, 2.05) is 0 Å². The van der Waals surface area contributed by atoms with E-state index in [1.165, 1.54) is 6.92 Å². The first-order chi connectivity index (χ1) is 9.56. The Morgan fingerprint density at radius 1 is 1.38 bits per heavy atom. The fourth-order valence-corrected chi connectivity index (χ4v) is 1.87. The maximum Gasteiger partial charge on any atom is 0.328 e. The molecule has 9 heteroatoms. The van der Waals surface area contributed by atoms with Crippen LogP contribution < -0.4 is 10.6 Å². The summed E-state index contributed by atoms with van der Waals surface area (Å²) >= 11 is 0. The van der Waals surface area contributed by atoms with Gasteiger partial charge in [-0.05, 0) is 20.8 Å². The number of nitrogens with zero attached hydrogens (tertiary/aromatic N) is 1. The van der Waals surface area contributed by atoms with E-state index in [2.05, 4.69) is 10.6 Å². The summed E-state index contributed by atoms with van der Waals surface area (Å²) in [5.41, 5.74) is -1.02. The van der Waals surface area contributed by atoms with Gasteiger partial charge in [-0.25, -0.2) is 9.59 Å². The Morgan fingerprint density at radius 2 is 1.95 bits per heavy atom. The Labute approximate surface area is 121 Å². The molecule has 9 nitrogen and oxygen atoms in total. The average molecular weight is 301 g/mol. The molecule has 2 atom stereocenters. The van der Waals surface area contributed by atoms with Crippen molar-refractivity contribution >= 4 is 23.8 Å². The number of aliphatic hydroxyl groups excluding tert-OH is 1. The zero-order valence-corrected chi connectivity index (χ0v) is 12.0. The summed E-state index contributed by atoms with van der Waals surface area (Å²) in [6, 6.07) is -2.03. The molecule has 1 aliphatic heterocycles. The molecule has 0 aromatic carbocycles. The van der Waals surface area contributed by atoms with E-state index in [0.717, 1.165) is 4.90 Å². The third kappa shape index (κ3) is 3.91. The normalized spacial score (nSPS) is 19.9. The Balaban J connectivity index is 2.56. The third-order valence-corrected chi connectivity index (χ3v) is 3.07. The Bertz CT molecular complexity index is 474. The van der Waals surface area contributed by atoms with Crippen LogP contribution in [0.2, 0.25) is 0 Å². The predicted molar refractivity (Wildman–Crippen MR) is 70.2 cm³/mol. The molecule has 0 unspecified atom stereocenters. The molecule has 0 radical (unpaired) electrons. The molecule has 21 heavy (non-hydrogen) atoms. The lowest BCUT2D eigenvalue weighted by molar-refractivity contribution is -0.145. The number of hydrogen-bond acceptors (Lipinski definition) is 5. The standard InChI is InChI=1S/C12H19N3O6/c1-6(16)8(9(18)19)13-7(17)4-5-15-10(20)12(2,3)14-11(15)21/h6,8,16H,4-5H2,1-3H3,(H,13,17)(H,14,21)(H,18,19)/t6-,8+/m1/s1. The Morgan fingerprint density at radius 3 is 2.33 bits per heavy atom. The fourth-order valence-electron chi connectivity index (χ4n) is 1.87. The molecule has 0 saturated carbocycles. The smallest absolute Gasteiger partial charge is 0.328 e. The van der Waals surface area contributed by atoms with Gasteiger partial charge < -0.3 is 20.8 Å². The fraction of sp³-hybridized carbons (Fsp3) is 0.667. The molecule has 1 aliphatic rings. The second-order valence-electron chi connectivity index (χ2n) is 5.39. The highest BCUT2D eigenvalue weighted by Gasteiger charge is 2.44. The van der Waals surface area contributed by atoms with Gasteiger partial charge in [0.05, 0.1) is 6.10 Å². The van der Waals surface area contributed by atoms with E-state index in [9.17, 15) is 24.3 Å². The van der Waals surface area contributed by atoms with Crippen molar-refractivity contribution in [2.24, 2.45) is 0 Å². The molecule has 0 aromatic rings. The van der Waals surface area contributed by atoms with E-state index in [1.54, 1.807) is 13.8 Å². The van der Waals surface area contributed by atoms with Crippen LogP contribution in [0.5, 0.6) is 0 Å². The van der Waals surface area contributed by atoms with Crippen molar-refractivity contribution in [2.45, 2.75) is 44.9 Å². The van der Waals surface area contributed by atoms with Crippen LogP contribution in [0.15, 0.2) is 0 Å². The number of amides is 4. The van der Waals surface area contributed by atoms with Gasteiger partial charge in [0.2, 0.25) is 5.91 Å². The van der Waals surface area contributed by atoms with Gasteiger partial charge in [-0.3, -0.25) is 14.5 Å². The summed E-state index contributed by atoms with van der Waals surface area (Å²) < 4.78 is 0. The minimum absolute atomic E-state index is 0.161. The van der Waals surface area contributed by atoms with Gasteiger partial charge in [0.25, 0.3) is 5.91 Å². The molecule has 0 bridgehead atoms. The molecule has 4 N–H and O–H groups in total. The number of carbonyl (C=O) groups excluding carboxylic acids is 3. The summed E-state index contributed by atoms with van der Waals surface area (Å²) in [5.74, 6) is -2.49. The summed E-state index contributed by atoms with van der Waals surface area (Å²) in [4.78, 5) is 46.8. The number of imide groups is 1. The summed E-state index contributed by atoms with van der Waals surface area (Å²) in [6.07, 6.45) is -1.51. The van der Waals surface area contributed by atoms with Crippen LogP contribution in [0.4, 0.5) is 4.79 Å². The first kappa shape index (κ1) is 16.9. The number of hydrogen-bond donors (Lipinski definition) is 4. The minimum Gasteiger partial charge on any atom is -0.480 e. The molecular weight excluding hydrogens is 282 g/mol. The molecule has 0 spiro atoms. The van der Waals surface area contributed by atoms with E-state index in [4.69, 9.17) is 5.11 Å². The van der Waals surface area contributed by atoms with Gasteiger partial charge in [0.15, 0.2) is 6.04 Å². The van der Waals surface area contributed by atoms with Gasteiger partial charge in [-0.2, -0.15) is 0 Å². The number of aliphatic carboxylic acids is 1. The summed E-state index contributed by atoms with van der Waals surface area (Å²) in [5, 5.41) is 22.7. The van der Waals surface area contributed by atoms with Crippen LogP contribution in [0.1, 0.15) is 27.2 Å². The van der Waals surface area contributed by atoms with Crippen molar-refractivity contribution in [2.75, 3.05) is 6.54 Å². The Kier molecular flexibility index (Phi) is 4.89. The van der Waals surface area contributed by atoms with Crippen LogP contribution in [-0.4, -0.2) is 63.2 Å². The molecule has 1 rings (SSSR count). The van der Waals surface area contributed by atoms with Crippen molar-refractivity contribution in [3.63, 3.8) is 0 Å². The SMILES string of the molecule is C[C@@H](O)[C@H](NC(=O)CCN1C(=O)NC(C)(C)C1=O)C(=O)O. The number of carboxylic acids is 1. The van der Waals surface area contributed by atoms with Crippen molar-refractivity contribution in [3.05, 3.63) is 0 Å². The minimum atomic E-state index is -1.43. The van der Waals surface area contributed by atoms with Crippen LogP contribution in [-0.2, 0) is 14.4 Å². The maximum atomic E-state index is 11.9. The van der Waals surface area contributed by atoms with Gasteiger partial charge in [-0.15, -0.1) is 0 Å². The van der Waals surface area contributed by atoms with Crippen LogP contribution in [0.25, 0.3) is 0 Å². The number of urea groups is 1. The molecule has 1 saturated heterocycles. The second-order valence-corrected chi connectivity index (χ2v) is 5.39. The predicted octanol–water partition coefficient (Wildman–Crippen LogP) is -1.34. The van der Waals surface area contributed by atoms with Crippen LogP contribution >= 0.6 is 0 Å². The monoisotopic (exact) mass is 301 g/mol. The van der Waals surface area contributed by atoms with Crippen LogP contribution in [0, 0.1) is 0 Å². The third-order valence-electron chi connectivity index (χ3n) is 3.07. The van der Waals surface area contributed by atoms with Crippen molar-refractivity contribution in [3.8, 4) is 0 Å². The zero-order valence-electron chi connectivity index (χ0n) is 12.0. The summed E-state index contributed by atoms with van der Waals surface area (Å²) in [7, 11) is 0. The lowest BCUT2D eigenvalue weighted by atomic mass is 10.1. The van der Waals surface area contributed by atoms with E-state index in [-0.39, 0.29) is 13.0 Å². The Hall–Kier alpha value is -2.16. The number of carbonyl (C=O) groups is 4. The molecule has 4 amide bonds. The molecular formula is C12H19N3O6. The quantitative estimate of drug-likeness (QED) is 0.448. The maximum absolute atomic E-state index is 11.9. The number of rotatable bonds is 6. The molecule has 0 aliphatic carbocycles. The van der Waals surface area contributed by atoms with E-state index >= 15 is 0 Å². The highest BCUT2D eigenvalue weighted by Crippen LogP contribution is 2.16. The summed E-state index contributed by atoms with van der Waals surface area (Å²) in [6.45, 7) is 4.16. The lowest BCUT2D eigenvalue weighted by Gasteiger charge is -2.18. The van der Waals surface area contributed by atoms with Crippen molar-refractivity contribution in [1.82, 2.24) is 15.5 Å². The van der Waals surface area contributed by atoms with Gasteiger partial charge in [0, 0.05) is 13.0 Å². The molecule has 0 aromatic heterocycles. The second kappa shape index (κ2) is 6.08.